The third kappa shape index (κ3) is 3.52. The Morgan fingerprint density at radius 3 is 2.72 bits per heavy atom. The molecule has 1 aliphatic heterocycles. The van der Waals surface area contributed by atoms with E-state index in [4.69, 9.17) is 25.8 Å². The van der Waals surface area contributed by atoms with E-state index in [0.717, 1.165) is 0 Å². The first kappa shape index (κ1) is 16.7. The average Bonchev–Trinajstić information content (AvgIpc) is 3.07. The van der Waals surface area contributed by atoms with Crippen molar-refractivity contribution in [1.82, 2.24) is 0 Å². The molecule has 7 heteroatoms. The topological polar surface area (TPSA) is 80.6 Å². The number of amides is 1. The standard InChI is InChI=1S/C18H13ClN2O4/c1-23-15-8-17-16(24-10-25-17)7-11(15)6-12(9-20)18(22)21-14-5-3-2-4-13(14)19/h2-8H,10H2,1H3,(H,21,22)/b12-6+. The lowest BCUT2D eigenvalue weighted by Gasteiger charge is -2.08. The van der Waals surface area contributed by atoms with Gasteiger partial charge in [-0.05, 0) is 24.3 Å². The van der Waals surface area contributed by atoms with Gasteiger partial charge >= 0.3 is 0 Å². The fourth-order valence-electron chi connectivity index (χ4n) is 2.28. The van der Waals surface area contributed by atoms with Crippen molar-refractivity contribution < 1.29 is 19.0 Å². The Morgan fingerprint density at radius 2 is 2.04 bits per heavy atom. The fourth-order valence-corrected chi connectivity index (χ4v) is 2.47. The summed E-state index contributed by atoms with van der Waals surface area (Å²) in [6, 6.07) is 12.0. The number of nitrogens with zero attached hydrogens (tertiary/aromatic N) is 1. The quantitative estimate of drug-likeness (QED) is 0.668. The highest BCUT2D eigenvalue weighted by Crippen LogP contribution is 2.39. The summed E-state index contributed by atoms with van der Waals surface area (Å²) in [6.07, 6.45) is 1.42. The number of benzene rings is 2. The number of hydrogen-bond donors (Lipinski definition) is 1. The van der Waals surface area contributed by atoms with Crippen molar-refractivity contribution in [3.8, 4) is 23.3 Å². The molecule has 0 spiro atoms. The summed E-state index contributed by atoms with van der Waals surface area (Å²) in [6.45, 7) is 0.115. The van der Waals surface area contributed by atoms with Gasteiger partial charge in [0.15, 0.2) is 11.5 Å². The Bertz CT molecular complexity index is 902. The van der Waals surface area contributed by atoms with Gasteiger partial charge in [0, 0.05) is 11.6 Å². The Labute approximate surface area is 149 Å². The van der Waals surface area contributed by atoms with Gasteiger partial charge in [0.25, 0.3) is 5.91 Å². The second-order valence-corrected chi connectivity index (χ2v) is 5.46. The molecule has 0 atom stereocenters. The Hall–Kier alpha value is -3.17. The molecule has 0 saturated heterocycles. The van der Waals surface area contributed by atoms with Gasteiger partial charge in [-0.3, -0.25) is 4.79 Å². The van der Waals surface area contributed by atoms with Crippen LogP contribution in [0.2, 0.25) is 5.02 Å². The van der Waals surface area contributed by atoms with Crippen LogP contribution in [-0.2, 0) is 4.79 Å². The first-order valence-corrected chi connectivity index (χ1v) is 7.65. The maximum atomic E-state index is 12.4. The van der Waals surface area contributed by atoms with Crippen LogP contribution in [0.25, 0.3) is 6.08 Å². The molecule has 2 aromatic carbocycles. The molecule has 6 nitrogen and oxygen atoms in total. The molecule has 0 bridgehead atoms. The van der Waals surface area contributed by atoms with Gasteiger partial charge in [0.2, 0.25) is 6.79 Å². The molecule has 1 N–H and O–H groups in total. The Balaban J connectivity index is 1.92. The summed E-state index contributed by atoms with van der Waals surface area (Å²) >= 11 is 6.02. The summed E-state index contributed by atoms with van der Waals surface area (Å²) in [7, 11) is 1.49. The van der Waals surface area contributed by atoms with Gasteiger partial charge in [-0.1, -0.05) is 23.7 Å². The van der Waals surface area contributed by atoms with Crippen LogP contribution in [0, 0.1) is 11.3 Å². The molecule has 25 heavy (non-hydrogen) atoms. The molecule has 0 unspecified atom stereocenters. The number of nitriles is 1. The maximum absolute atomic E-state index is 12.4. The first-order chi connectivity index (χ1) is 12.1. The van der Waals surface area contributed by atoms with Crippen LogP contribution >= 0.6 is 11.6 Å². The number of anilines is 1. The van der Waals surface area contributed by atoms with Crippen molar-refractivity contribution in [2.75, 3.05) is 19.2 Å². The van der Waals surface area contributed by atoms with E-state index in [2.05, 4.69) is 5.32 Å². The van der Waals surface area contributed by atoms with E-state index >= 15 is 0 Å². The molecule has 1 heterocycles. The molecule has 2 aromatic rings. The third-order valence-electron chi connectivity index (χ3n) is 3.51. The zero-order chi connectivity index (χ0) is 17.8. The largest absolute Gasteiger partial charge is 0.496 e. The normalized spacial score (nSPS) is 12.4. The molecule has 0 saturated carbocycles. The second kappa shape index (κ2) is 7.16. The number of para-hydroxylation sites is 1. The number of hydrogen-bond acceptors (Lipinski definition) is 5. The Kier molecular flexibility index (Phi) is 4.78. The van der Waals surface area contributed by atoms with Crippen LogP contribution < -0.4 is 19.5 Å². The minimum Gasteiger partial charge on any atom is -0.496 e. The van der Waals surface area contributed by atoms with Crippen molar-refractivity contribution >= 4 is 29.3 Å². The van der Waals surface area contributed by atoms with Crippen LogP contribution in [0.5, 0.6) is 17.2 Å². The number of carbonyl (C=O) groups is 1. The number of fused-ring (bicyclic) bond motifs is 1. The number of rotatable bonds is 4. The first-order valence-electron chi connectivity index (χ1n) is 7.27. The van der Waals surface area contributed by atoms with Crippen LogP contribution in [0.4, 0.5) is 5.69 Å². The average molecular weight is 357 g/mol. The van der Waals surface area contributed by atoms with E-state index in [-0.39, 0.29) is 12.4 Å². The number of ether oxygens (including phenoxy) is 3. The van der Waals surface area contributed by atoms with Crippen LogP contribution in [0.1, 0.15) is 5.56 Å². The van der Waals surface area contributed by atoms with Gasteiger partial charge in [0.05, 0.1) is 17.8 Å². The molecule has 126 valence electrons. The zero-order valence-electron chi connectivity index (χ0n) is 13.2. The third-order valence-corrected chi connectivity index (χ3v) is 3.84. The number of carbonyl (C=O) groups excluding carboxylic acids is 1. The molecule has 1 amide bonds. The molecule has 0 aliphatic carbocycles. The zero-order valence-corrected chi connectivity index (χ0v) is 14.0. The van der Waals surface area contributed by atoms with Crippen LogP contribution in [-0.4, -0.2) is 19.8 Å². The van der Waals surface area contributed by atoms with E-state index in [9.17, 15) is 10.1 Å². The summed E-state index contributed by atoms with van der Waals surface area (Å²) in [5.41, 5.74) is 0.850. The van der Waals surface area contributed by atoms with E-state index in [1.807, 2.05) is 6.07 Å². The van der Waals surface area contributed by atoms with Crippen molar-refractivity contribution in [3.63, 3.8) is 0 Å². The predicted molar refractivity (Wildman–Crippen MR) is 92.8 cm³/mol. The van der Waals surface area contributed by atoms with E-state index < -0.39 is 5.91 Å². The predicted octanol–water partition coefficient (Wildman–Crippen LogP) is 3.62. The minimum atomic E-state index is -0.574. The Morgan fingerprint density at radius 1 is 1.32 bits per heavy atom. The van der Waals surface area contributed by atoms with Crippen molar-refractivity contribution in [2.45, 2.75) is 0 Å². The molecule has 0 fully saturated rings. The highest BCUT2D eigenvalue weighted by Gasteiger charge is 2.19. The molecule has 3 rings (SSSR count). The summed E-state index contributed by atoms with van der Waals surface area (Å²) in [5, 5.41) is 12.3. The van der Waals surface area contributed by atoms with Gasteiger partial charge in [0.1, 0.15) is 17.4 Å². The lowest BCUT2D eigenvalue weighted by Crippen LogP contribution is -2.13. The summed E-state index contributed by atoms with van der Waals surface area (Å²) in [4.78, 5) is 12.4. The smallest absolute Gasteiger partial charge is 0.266 e. The minimum absolute atomic E-state index is 0.0999. The van der Waals surface area contributed by atoms with E-state index in [1.165, 1.54) is 13.2 Å². The van der Waals surface area contributed by atoms with Gasteiger partial charge in [-0.25, -0.2) is 0 Å². The monoisotopic (exact) mass is 356 g/mol. The molecular weight excluding hydrogens is 344 g/mol. The highest BCUT2D eigenvalue weighted by atomic mass is 35.5. The highest BCUT2D eigenvalue weighted by molar-refractivity contribution is 6.34. The lowest BCUT2D eigenvalue weighted by molar-refractivity contribution is -0.112. The second-order valence-electron chi connectivity index (χ2n) is 5.05. The van der Waals surface area contributed by atoms with Crippen molar-refractivity contribution in [2.24, 2.45) is 0 Å². The van der Waals surface area contributed by atoms with E-state index in [1.54, 1.807) is 36.4 Å². The number of nitrogens with one attached hydrogen (secondary N) is 1. The lowest BCUT2D eigenvalue weighted by atomic mass is 10.1. The van der Waals surface area contributed by atoms with Crippen LogP contribution in [0.3, 0.4) is 0 Å². The molecule has 1 aliphatic rings. The maximum Gasteiger partial charge on any atom is 0.266 e. The molecular formula is C18H13ClN2O4. The number of methoxy groups -OCH3 is 1. The van der Waals surface area contributed by atoms with Gasteiger partial charge in [-0.2, -0.15) is 5.26 Å². The molecule has 0 radical (unpaired) electrons. The fraction of sp³-hybridized carbons (Fsp3) is 0.111. The SMILES string of the molecule is COc1cc2c(cc1/C=C(\C#N)C(=O)Nc1ccccc1Cl)OCO2. The van der Waals surface area contributed by atoms with Crippen LogP contribution in [0.15, 0.2) is 42.0 Å². The van der Waals surface area contributed by atoms with Gasteiger partial charge in [-0.15, -0.1) is 0 Å². The van der Waals surface area contributed by atoms with Crippen molar-refractivity contribution in [1.29, 1.82) is 5.26 Å². The summed E-state index contributed by atoms with van der Waals surface area (Å²) in [5.74, 6) is 0.960. The summed E-state index contributed by atoms with van der Waals surface area (Å²) < 4.78 is 15.9. The van der Waals surface area contributed by atoms with Gasteiger partial charge < -0.3 is 19.5 Å². The molecule has 0 aromatic heterocycles. The van der Waals surface area contributed by atoms with E-state index in [0.29, 0.717) is 33.5 Å². The number of halogens is 1. The van der Waals surface area contributed by atoms with Crippen molar-refractivity contribution in [3.05, 3.63) is 52.6 Å².